The highest BCUT2D eigenvalue weighted by atomic mass is 31.0. The lowest BCUT2D eigenvalue weighted by Gasteiger charge is -2.26. The molecule has 1 atom stereocenters. The van der Waals surface area contributed by atoms with Crippen LogP contribution in [-0.2, 0) is 0 Å². The lowest BCUT2D eigenvalue weighted by molar-refractivity contribution is 0.523. The van der Waals surface area contributed by atoms with Gasteiger partial charge in [0.15, 0.2) is 0 Å². The highest BCUT2D eigenvalue weighted by molar-refractivity contribution is 7.19. The molecule has 0 aliphatic carbocycles. The van der Waals surface area contributed by atoms with Crippen molar-refractivity contribution in [3.8, 4) is 0 Å². The SMILES string of the molecule is C=CCC(P)(CC=C)CCCC. The highest BCUT2D eigenvalue weighted by Gasteiger charge is 2.19. The maximum Gasteiger partial charge on any atom is -0.00817 e. The third kappa shape index (κ3) is 4.72. The van der Waals surface area contributed by atoms with Crippen LogP contribution in [0, 0.1) is 0 Å². The molecule has 1 unspecified atom stereocenters. The Morgan fingerprint density at radius 1 is 1.25 bits per heavy atom. The quantitative estimate of drug-likeness (QED) is 0.415. The zero-order valence-electron chi connectivity index (χ0n) is 8.18. The zero-order chi connectivity index (χ0) is 9.45. The lowest BCUT2D eigenvalue weighted by atomic mass is 9.94. The van der Waals surface area contributed by atoms with E-state index in [9.17, 15) is 0 Å². The predicted octanol–water partition coefficient (Wildman–Crippen LogP) is 3.94. The number of rotatable bonds is 7. The molecule has 0 bridgehead atoms. The molecule has 0 aromatic heterocycles. The largest absolute Gasteiger partial charge is 0.130 e. The first-order valence-corrected chi connectivity index (χ1v) is 5.27. The molecule has 0 amide bonds. The zero-order valence-corrected chi connectivity index (χ0v) is 9.34. The van der Waals surface area contributed by atoms with Crippen LogP contribution in [-0.4, -0.2) is 5.16 Å². The Balaban J connectivity index is 3.96. The molecule has 0 nitrogen and oxygen atoms in total. The van der Waals surface area contributed by atoms with Gasteiger partial charge >= 0.3 is 0 Å². The smallest absolute Gasteiger partial charge is 0.00817 e. The van der Waals surface area contributed by atoms with Crippen molar-refractivity contribution < 1.29 is 0 Å². The third-order valence-electron chi connectivity index (χ3n) is 2.13. The van der Waals surface area contributed by atoms with E-state index in [-0.39, 0.29) is 0 Å². The summed E-state index contributed by atoms with van der Waals surface area (Å²) in [6.07, 6.45) is 9.98. The van der Waals surface area contributed by atoms with Crippen LogP contribution in [0.4, 0.5) is 0 Å². The minimum absolute atomic E-state index is 0.333. The Morgan fingerprint density at radius 2 is 1.75 bits per heavy atom. The van der Waals surface area contributed by atoms with Crippen LogP contribution >= 0.6 is 9.24 Å². The normalized spacial score (nSPS) is 11.2. The average molecular weight is 184 g/mol. The second-order valence-electron chi connectivity index (χ2n) is 3.45. The van der Waals surface area contributed by atoms with Crippen molar-refractivity contribution in [1.82, 2.24) is 0 Å². The predicted molar refractivity (Wildman–Crippen MR) is 61.6 cm³/mol. The molecular formula is C11H21P. The van der Waals surface area contributed by atoms with Crippen LogP contribution in [0.2, 0.25) is 0 Å². The Labute approximate surface area is 79.3 Å². The van der Waals surface area contributed by atoms with Crippen molar-refractivity contribution in [2.75, 3.05) is 0 Å². The molecule has 0 aliphatic heterocycles. The fourth-order valence-electron chi connectivity index (χ4n) is 1.39. The lowest BCUT2D eigenvalue weighted by Crippen LogP contribution is -2.18. The molecule has 1 heteroatoms. The number of hydrogen-bond acceptors (Lipinski definition) is 0. The molecule has 0 heterocycles. The van der Waals surface area contributed by atoms with E-state index >= 15 is 0 Å². The van der Waals surface area contributed by atoms with Gasteiger partial charge in [0.25, 0.3) is 0 Å². The van der Waals surface area contributed by atoms with Crippen molar-refractivity contribution >= 4 is 9.24 Å². The maximum absolute atomic E-state index is 3.79. The van der Waals surface area contributed by atoms with Gasteiger partial charge in [-0.3, -0.25) is 0 Å². The minimum atomic E-state index is 0.333. The van der Waals surface area contributed by atoms with Gasteiger partial charge in [0.1, 0.15) is 0 Å². The molecule has 0 spiro atoms. The third-order valence-corrected chi connectivity index (χ3v) is 2.89. The van der Waals surface area contributed by atoms with Gasteiger partial charge in [-0.05, 0) is 24.4 Å². The molecular weight excluding hydrogens is 163 g/mol. The van der Waals surface area contributed by atoms with E-state index in [0.717, 1.165) is 12.8 Å². The van der Waals surface area contributed by atoms with Gasteiger partial charge in [0.05, 0.1) is 0 Å². The van der Waals surface area contributed by atoms with Crippen LogP contribution in [0.5, 0.6) is 0 Å². The first kappa shape index (κ1) is 11.9. The minimum Gasteiger partial charge on any atom is -0.130 e. The van der Waals surface area contributed by atoms with Crippen molar-refractivity contribution in [2.24, 2.45) is 0 Å². The molecule has 70 valence electrons. The number of unbranched alkanes of at least 4 members (excludes halogenated alkanes) is 1. The van der Waals surface area contributed by atoms with Gasteiger partial charge < -0.3 is 0 Å². The topological polar surface area (TPSA) is 0 Å². The van der Waals surface area contributed by atoms with E-state index in [2.05, 4.69) is 29.3 Å². The molecule has 0 aromatic carbocycles. The molecule has 0 saturated carbocycles. The Bertz CT molecular complexity index is 128. The Hall–Kier alpha value is -0.0900. The maximum atomic E-state index is 3.79. The summed E-state index contributed by atoms with van der Waals surface area (Å²) in [5.74, 6) is 0. The highest BCUT2D eigenvalue weighted by Crippen LogP contribution is 2.33. The van der Waals surface area contributed by atoms with Gasteiger partial charge in [0, 0.05) is 0 Å². The number of hydrogen-bond donors (Lipinski definition) is 0. The van der Waals surface area contributed by atoms with Gasteiger partial charge in [-0.25, -0.2) is 0 Å². The van der Waals surface area contributed by atoms with Crippen LogP contribution < -0.4 is 0 Å². The second-order valence-corrected chi connectivity index (χ2v) is 4.68. The molecule has 0 radical (unpaired) electrons. The number of allylic oxidation sites excluding steroid dienone is 2. The van der Waals surface area contributed by atoms with E-state index in [0.29, 0.717) is 5.16 Å². The first-order valence-electron chi connectivity index (χ1n) is 4.69. The van der Waals surface area contributed by atoms with Crippen molar-refractivity contribution in [3.05, 3.63) is 25.3 Å². The van der Waals surface area contributed by atoms with Crippen LogP contribution in [0.3, 0.4) is 0 Å². The molecule has 12 heavy (non-hydrogen) atoms. The molecule has 0 saturated heterocycles. The van der Waals surface area contributed by atoms with Gasteiger partial charge in [-0.2, -0.15) is 0 Å². The summed E-state index contributed by atoms with van der Waals surface area (Å²) in [6, 6.07) is 0. The molecule has 0 aromatic rings. The van der Waals surface area contributed by atoms with E-state index in [4.69, 9.17) is 0 Å². The van der Waals surface area contributed by atoms with E-state index in [1.54, 1.807) is 0 Å². The second kappa shape index (κ2) is 6.43. The summed E-state index contributed by atoms with van der Waals surface area (Å²) in [7, 11) is 2.96. The van der Waals surface area contributed by atoms with Gasteiger partial charge in [0.2, 0.25) is 0 Å². The Morgan fingerprint density at radius 3 is 2.08 bits per heavy atom. The first-order chi connectivity index (χ1) is 5.68. The average Bonchev–Trinajstić information content (AvgIpc) is 2.02. The summed E-state index contributed by atoms with van der Waals surface area (Å²) in [4.78, 5) is 0. The van der Waals surface area contributed by atoms with Crippen LogP contribution in [0.25, 0.3) is 0 Å². The van der Waals surface area contributed by atoms with E-state index < -0.39 is 0 Å². The van der Waals surface area contributed by atoms with Gasteiger partial charge in [-0.1, -0.05) is 31.9 Å². The summed E-state index contributed by atoms with van der Waals surface area (Å²) in [5, 5.41) is 0.333. The molecule has 0 aliphatic rings. The fourth-order valence-corrected chi connectivity index (χ4v) is 1.93. The fraction of sp³-hybridized carbons (Fsp3) is 0.636. The summed E-state index contributed by atoms with van der Waals surface area (Å²) in [6.45, 7) is 9.81. The summed E-state index contributed by atoms with van der Waals surface area (Å²) >= 11 is 0. The van der Waals surface area contributed by atoms with E-state index in [1.165, 1.54) is 19.3 Å². The van der Waals surface area contributed by atoms with Crippen molar-refractivity contribution in [3.63, 3.8) is 0 Å². The molecule has 0 rings (SSSR count). The van der Waals surface area contributed by atoms with Crippen LogP contribution in [0.15, 0.2) is 25.3 Å². The van der Waals surface area contributed by atoms with E-state index in [1.807, 2.05) is 12.2 Å². The summed E-state index contributed by atoms with van der Waals surface area (Å²) in [5.41, 5.74) is 0. The van der Waals surface area contributed by atoms with Gasteiger partial charge in [-0.15, -0.1) is 22.4 Å². The Kier molecular flexibility index (Phi) is 6.38. The standard InChI is InChI=1S/C11H21P/c1-4-7-10-11(12,8-5-2)9-6-3/h5-6H,2-4,7-10,12H2,1H3. The van der Waals surface area contributed by atoms with Crippen molar-refractivity contribution in [1.29, 1.82) is 0 Å². The molecule has 0 N–H and O–H groups in total. The monoisotopic (exact) mass is 184 g/mol. The molecule has 0 fully saturated rings. The van der Waals surface area contributed by atoms with Crippen LogP contribution in [0.1, 0.15) is 39.0 Å². The summed E-state index contributed by atoms with van der Waals surface area (Å²) < 4.78 is 0. The van der Waals surface area contributed by atoms with Crippen molar-refractivity contribution in [2.45, 2.75) is 44.2 Å².